The highest BCUT2D eigenvalue weighted by atomic mass is 19.2. The van der Waals surface area contributed by atoms with Gasteiger partial charge in [-0.3, -0.25) is 9.69 Å². The summed E-state index contributed by atoms with van der Waals surface area (Å²) in [7, 11) is 1.50. The first-order chi connectivity index (χ1) is 11.2. The third-order valence-corrected chi connectivity index (χ3v) is 4.50. The molecule has 0 aliphatic carbocycles. The third-order valence-electron chi connectivity index (χ3n) is 4.50. The predicted octanol–water partition coefficient (Wildman–Crippen LogP) is 2.27. The van der Waals surface area contributed by atoms with Crippen LogP contribution < -0.4 is 0 Å². The van der Waals surface area contributed by atoms with E-state index < -0.39 is 28.9 Å². The van der Waals surface area contributed by atoms with Gasteiger partial charge in [-0.15, -0.1) is 0 Å². The van der Waals surface area contributed by atoms with E-state index in [9.17, 15) is 23.1 Å². The third kappa shape index (κ3) is 4.08. The first-order valence-corrected chi connectivity index (χ1v) is 8.02. The van der Waals surface area contributed by atoms with Crippen molar-refractivity contribution in [3.05, 3.63) is 35.1 Å². The number of hydrogen-bond acceptors (Lipinski definition) is 3. The number of nitrogens with zero attached hydrogens (tertiary/aromatic N) is 2. The minimum Gasteiger partial charge on any atom is -0.392 e. The fraction of sp³-hybridized carbons (Fsp3) is 0.588. The number of carbonyl (C=O) groups is 1. The van der Waals surface area contributed by atoms with Crippen molar-refractivity contribution < 1.29 is 23.1 Å². The van der Waals surface area contributed by atoms with Crippen molar-refractivity contribution >= 4 is 5.91 Å². The summed E-state index contributed by atoms with van der Waals surface area (Å²) in [6.45, 7) is 5.59. The molecule has 24 heavy (non-hydrogen) atoms. The maximum Gasteiger partial charge on any atom is 0.257 e. The molecule has 1 saturated heterocycles. The molecule has 1 N–H and O–H groups in total. The van der Waals surface area contributed by atoms with Crippen LogP contribution in [0.3, 0.4) is 0 Å². The van der Waals surface area contributed by atoms with Gasteiger partial charge in [-0.05, 0) is 18.4 Å². The Morgan fingerprint density at radius 3 is 2.58 bits per heavy atom. The van der Waals surface area contributed by atoms with Crippen molar-refractivity contribution in [3.8, 4) is 0 Å². The lowest BCUT2D eigenvalue weighted by Crippen LogP contribution is -2.47. The van der Waals surface area contributed by atoms with E-state index in [0.29, 0.717) is 31.6 Å². The Morgan fingerprint density at radius 2 is 2.04 bits per heavy atom. The normalized spacial score (nSPS) is 19.8. The Morgan fingerprint density at radius 1 is 1.38 bits per heavy atom. The van der Waals surface area contributed by atoms with Gasteiger partial charge in [0.15, 0.2) is 11.6 Å². The van der Waals surface area contributed by atoms with Crippen LogP contribution in [0.25, 0.3) is 0 Å². The quantitative estimate of drug-likeness (QED) is 0.834. The van der Waals surface area contributed by atoms with Crippen molar-refractivity contribution in [1.82, 2.24) is 9.80 Å². The van der Waals surface area contributed by atoms with E-state index in [2.05, 4.69) is 0 Å². The lowest BCUT2D eigenvalue weighted by Gasteiger charge is -2.34. The van der Waals surface area contributed by atoms with Crippen LogP contribution >= 0.6 is 0 Å². The summed E-state index contributed by atoms with van der Waals surface area (Å²) in [5.74, 6) is -4.42. The summed E-state index contributed by atoms with van der Waals surface area (Å²) in [4.78, 5) is 15.9. The molecular formula is C17H23F3N2O2. The molecular weight excluding hydrogens is 321 g/mol. The van der Waals surface area contributed by atoms with E-state index in [1.54, 1.807) is 0 Å². The smallest absolute Gasteiger partial charge is 0.257 e. The molecule has 2 atom stereocenters. The first kappa shape index (κ1) is 18.7. The summed E-state index contributed by atoms with van der Waals surface area (Å²) < 4.78 is 40.6. The van der Waals surface area contributed by atoms with E-state index in [1.807, 2.05) is 18.7 Å². The van der Waals surface area contributed by atoms with Gasteiger partial charge in [0.1, 0.15) is 5.82 Å². The predicted molar refractivity (Wildman–Crippen MR) is 84.1 cm³/mol. The number of likely N-dealkylation sites (tertiary alicyclic amines) is 1. The Hall–Kier alpha value is -1.60. The molecule has 1 heterocycles. The minimum atomic E-state index is -1.38. The molecule has 1 aliphatic rings. The van der Waals surface area contributed by atoms with Gasteiger partial charge in [0.25, 0.3) is 5.91 Å². The number of aliphatic hydroxyl groups excluding tert-OH is 1. The number of aliphatic hydroxyl groups is 1. The highest BCUT2D eigenvalue weighted by Gasteiger charge is 2.31. The molecule has 134 valence electrons. The molecule has 0 bridgehead atoms. The second kappa shape index (κ2) is 7.53. The Bertz CT molecular complexity index is 610. The average molecular weight is 344 g/mol. The van der Waals surface area contributed by atoms with Crippen LogP contribution in [0.4, 0.5) is 13.2 Å². The topological polar surface area (TPSA) is 43.8 Å². The number of β-amino-alcohol motifs (C(OH)–C–C–N with tert-alkyl or cyclic N) is 1. The summed E-state index contributed by atoms with van der Waals surface area (Å²) in [6.07, 6.45) is 0.292. The monoisotopic (exact) mass is 344 g/mol. The molecule has 7 heteroatoms. The number of rotatable bonds is 5. The van der Waals surface area contributed by atoms with Gasteiger partial charge in [0.05, 0.1) is 11.7 Å². The molecule has 2 rings (SSSR count). The molecule has 1 amide bonds. The van der Waals surface area contributed by atoms with Gasteiger partial charge >= 0.3 is 0 Å². The van der Waals surface area contributed by atoms with E-state index in [4.69, 9.17) is 0 Å². The summed E-state index contributed by atoms with van der Waals surface area (Å²) in [5.41, 5.74) is -0.609. The van der Waals surface area contributed by atoms with Crippen molar-refractivity contribution in [2.24, 2.45) is 5.92 Å². The fourth-order valence-corrected chi connectivity index (χ4v) is 3.08. The number of hydrogen-bond donors (Lipinski definition) is 1. The highest BCUT2D eigenvalue weighted by Crippen LogP contribution is 2.21. The van der Waals surface area contributed by atoms with Crippen molar-refractivity contribution in [1.29, 1.82) is 0 Å². The molecule has 1 aromatic carbocycles. The van der Waals surface area contributed by atoms with Gasteiger partial charge in [0.2, 0.25) is 0 Å². The number of carbonyl (C=O) groups excluding carboxylic acids is 1. The second-order valence-electron chi connectivity index (χ2n) is 6.68. The summed E-state index contributed by atoms with van der Waals surface area (Å²) in [5, 5.41) is 9.62. The van der Waals surface area contributed by atoms with E-state index >= 15 is 0 Å². The summed E-state index contributed by atoms with van der Waals surface area (Å²) >= 11 is 0. The molecule has 0 unspecified atom stereocenters. The van der Waals surface area contributed by atoms with Crippen molar-refractivity contribution in [2.45, 2.75) is 32.4 Å². The number of likely N-dealkylation sites (N-methyl/N-ethyl adjacent to an activating group) is 1. The minimum absolute atomic E-state index is 0.0539. The maximum absolute atomic E-state index is 13.9. The number of benzene rings is 1. The second-order valence-corrected chi connectivity index (χ2v) is 6.68. The van der Waals surface area contributed by atoms with E-state index in [-0.39, 0.29) is 18.1 Å². The van der Waals surface area contributed by atoms with Crippen LogP contribution in [-0.2, 0) is 0 Å². The zero-order valence-electron chi connectivity index (χ0n) is 14.1. The molecule has 1 aromatic rings. The SMILES string of the molecule is CC(C)[C@@H](CN1CC[C@H](O)C1)N(C)C(=O)c1cc(F)cc(F)c1F. The average Bonchev–Trinajstić information content (AvgIpc) is 2.92. The van der Waals surface area contributed by atoms with Gasteiger partial charge in [-0.2, -0.15) is 0 Å². The Labute approximate surface area is 139 Å². The van der Waals surface area contributed by atoms with Gasteiger partial charge in [-0.25, -0.2) is 13.2 Å². The van der Waals surface area contributed by atoms with Crippen LogP contribution in [-0.4, -0.2) is 59.6 Å². The van der Waals surface area contributed by atoms with E-state index in [0.717, 1.165) is 6.54 Å². The molecule has 1 fully saturated rings. The Kier molecular flexibility index (Phi) is 5.87. The largest absolute Gasteiger partial charge is 0.392 e. The molecule has 0 spiro atoms. The lowest BCUT2D eigenvalue weighted by molar-refractivity contribution is 0.0626. The molecule has 0 saturated carbocycles. The lowest BCUT2D eigenvalue weighted by atomic mass is 10.0. The fourth-order valence-electron chi connectivity index (χ4n) is 3.08. The van der Waals surface area contributed by atoms with Crippen LogP contribution in [0.2, 0.25) is 0 Å². The van der Waals surface area contributed by atoms with Crippen LogP contribution in [0.5, 0.6) is 0 Å². The van der Waals surface area contributed by atoms with Gasteiger partial charge in [-0.1, -0.05) is 13.8 Å². The zero-order valence-corrected chi connectivity index (χ0v) is 14.1. The molecule has 4 nitrogen and oxygen atoms in total. The molecule has 0 aromatic heterocycles. The Balaban J connectivity index is 2.20. The standard InChI is InChI=1S/C17H23F3N2O2/c1-10(2)15(9-22-5-4-12(23)8-22)21(3)17(24)13-6-11(18)7-14(19)16(13)20/h6-7,10,12,15,23H,4-5,8-9H2,1-3H3/t12-,15+/m0/s1. The number of halogens is 3. The maximum atomic E-state index is 13.9. The highest BCUT2D eigenvalue weighted by molar-refractivity contribution is 5.94. The molecule has 1 aliphatic heterocycles. The van der Waals surface area contributed by atoms with Crippen molar-refractivity contribution in [3.63, 3.8) is 0 Å². The summed E-state index contributed by atoms with van der Waals surface area (Å²) in [6, 6.07) is 0.861. The van der Waals surface area contributed by atoms with Crippen molar-refractivity contribution in [2.75, 3.05) is 26.7 Å². The molecule has 0 radical (unpaired) electrons. The van der Waals surface area contributed by atoms with Crippen LogP contribution in [0, 0.1) is 23.4 Å². The van der Waals surface area contributed by atoms with Crippen LogP contribution in [0.1, 0.15) is 30.6 Å². The zero-order chi connectivity index (χ0) is 18.0. The first-order valence-electron chi connectivity index (χ1n) is 8.02. The van der Waals surface area contributed by atoms with Gasteiger partial charge in [0, 0.05) is 38.8 Å². The van der Waals surface area contributed by atoms with E-state index in [1.165, 1.54) is 11.9 Å². The van der Waals surface area contributed by atoms with Gasteiger partial charge < -0.3 is 10.0 Å². The number of amides is 1. The van der Waals surface area contributed by atoms with Crippen LogP contribution in [0.15, 0.2) is 12.1 Å².